The first kappa shape index (κ1) is 13.0. The molecule has 0 fully saturated rings. The normalized spacial score (nSPS) is 10.1. The zero-order valence-corrected chi connectivity index (χ0v) is 11.1. The van der Waals surface area contributed by atoms with E-state index in [1.807, 2.05) is 43.1 Å². The maximum atomic E-state index is 11.3. The lowest BCUT2D eigenvalue weighted by Crippen LogP contribution is -2.14. The molecule has 0 unspecified atom stereocenters. The van der Waals surface area contributed by atoms with Gasteiger partial charge in [-0.15, -0.1) is 0 Å². The van der Waals surface area contributed by atoms with E-state index in [0.717, 1.165) is 11.3 Å². The van der Waals surface area contributed by atoms with E-state index in [9.17, 15) is 4.79 Å². The number of nitrogens with zero attached hydrogens (tertiary/aromatic N) is 3. The number of hydrogen-bond donors (Lipinski definition) is 0. The van der Waals surface area contributed by atoms with E-state index in [-0.39, 0.29) is 5.69 Å². The minimum atomic E-state index is -0.488. The average molecular weight is 257 g/mol. The molecule has 2 aromatic rings. The first-order chi connectivity index (χ1) is 9.13. The van der Waals surface area contributed by atoms with Crippen LogP contribution in [-0.4, -0.2) is 30.1 Å². The summed E-state index contributed by atoms with van der Waals surface area (Å²) < 4.78 is 4.59. The molecule has 0 atom stereocenters. The van der Waals surface area contributed by atoms with E-state index in [1.165, 1.54) is 13.3 Å². The summed E-state index contributed by atoms with van der Waals surface area (Å²) in [4.78, 5) is 21.5. The van der Waals surface area contributed by atoms with Gasteiger partial charge in [-0.1, -0.05) is 18.2 Å². The van der Waals surface area contributed by atoms with Crippen molar-refractivity contribution in [1.82, 2.24) is 9.97 Å². The van der Waals surface area contributed by atoms with Crippen LogP contribution >= 0.6 is 0 Å². The van der Waals surface area contributed by atoms with E-state index in [1.54, 1.807) is 6.20 Å². The number of carbonyl (C=O) groups excluding carboxylic acids is 1. The largest absolute Gasteiger partial charge is 0.464 e. The van der Waals surface area contributed by atoms with Crippen molar-refractivity contribution in [3.05, 3.63) is 47.9 Å². The van der Waals surface area contributed by atoms with Crippen LogP contribution in [0.1, 0.15) is 16.1 Å². The Morgan fingerprint density at radius 1 is 1.21 bits per heavy atom. The van der Waals surface area contributed by atoms with Gasteiger partial charge in [0.25, 0.3) is 0 Å². The zero-order chi connectivity index (χ0) is 13.8. The highest BCUT2D eigenvalue weighted by molar-refractivity contribution is 5.86. The second-order valence-corrected chi connectivity index (χ2v) is 4.10. The molecule has 5 heteroatoms. The van der Waals surface area contributed by atoms with Gasteiger partial charge >= 0.3 is 5.97 Å². The number of anilines is 2. The van der Waals surface area contributed by atoms with E-state index in [0.29, 0.717) is 5.82 Å². The van der Waals surface area contributed by atoms with Crippen LogP contribution in [0.25, 0.3) is 0 Å². The molecule has 1 aromatic heterocycles. The van der Waals surface area contributed by atoms with Gasteiger partial charge in [-0.05, 0) is 18.6 Å². The summed E-state index contributed by atoms with van der Waals surface area (Å²) >= 11 is 0. The molecule has 1 aromatic carbocycles. The summed E-state index contributed by atoms with van der Waals surface area (Å²) in [5, 5.41) is 0. The molecule has 2 rings (SSSR count). The van der Waals surface area contributed by atoms with Gasteiger partial charge in [-0.2, -0.15) is 0 Å². The molecule has 0 spiro atoms. The molecule has 1 heterocycles. The first-order valence-corrected chi connectivity index (χ1v) is 5.83. The number of hydrogen-bond acceptors (Lipinski definition) is 5. The number of esters is 1. The molecule has 0 saturated carbocycles. The van der Waals surface area contributed by atoms with Gasteiger partial charge in [0.2, 0.25) is 0 Å². The van der Waals surface area contributed by atoms with Gasteiger partial charge in [0.05, 0.1) is 19.5 Å². The summed E-state index contributed by atoms with van der Waals surface area (Å²) in [5.74, 6) is 0.180. The maximum absolute atomic E-state index is 11.3. The number of aromatic nitrogens is 2. The summed E-state index contributed by atoms with van der Waals surface area (Å²) in [6.07, 6.45) is 2.97. The van der Waals surface area contributed by atoms with Crippen LogP contribution in [0.5, 0.6) is 0 Å². The Bertz CT molecular complexity index is 581. The van der Waals surface area contributed by atoms with Gasteiger partial charge in [0, 0.05) is 12.7 Å². The Morgan fingerprint density at radius 3 is 2.53 bits per heavy atom. The molecule has 5 nitrogen and oxygen atoms in total. The Labute approximate surface area is 111 Å². The topological polar surface area (TPSA) is 55.3 Å². The van der Waals surface area contributed by atoms with E-state index < -0.39 is 5.97 Å². The molecule has 0 amide bonds. The van der Waals surface area contributed by atoms with Crippen molar-refractivity contribution in [3.63, 3.8) is 0 Å². The predicted octanol–water partition coefficient (Wildman–Crippen LogP) is 2.34. The SMILES string of the molecule is COC(=O)c1cnc(N(C)c2ccccc2C)cn1. The highest BCUT2D eigenvalue weighted by atomic mass is 16.5. The third kappa shape index (κ3) is 2.70. The van der Waals surface area contributed by atoms with Crippen LogP contribution in [0.2, 0.25) is 0 Å². The highest BCUT2D eigenvalue weighted by Crippen LogP contribution is 2.24. The molecule has 98 valence electrons. The zero-order valence-electron chi connectivity index (χ0n) is 11.1. The van der Waals surface area contributed by atoms with Crippen LogP contribution in [0.3, 0.4) is 0 Å². The standard InChI is InChI=1S/C14H15N3O2/c1-10-6-4-5-7-12(10)17(2)13-9-15-11(8-16-13)14(18)19-3/h4-9H,1-3H3. The molecular formula is C14H15N3O2. The smallest absolute Gasteiger partial charge is 0.358 e. The van der Waals surface area contributed by atoms with Gasteiger partial charge in [0.1, 0.15) is 0 Å². The monoisotopic (exact) mass is 257 g/mol. The van der Waals surface area contributed by atoms with Crippen molar-refractivity contribution >= 4 is 17.5 Å². The maximum Gasteiger partial charge on any atom is 0.358 e. The molecule has 0 radical (unpaired) electrons. The van der Waals surface area contributed by atoms with Crippen LogP contribution in [-0.2, 0) is 4.74 Å². The van der Waals surface area contributed by atoms with Crippen molar-refractivity contribution in [3.8, 4) is 0 Å². The second kappa shape index (κ2) is 5.48. The molecule has 0 N–H and O–H groups in total. The van der Waals surface area contributed by atoms with E-state index >= 15 is 0 Å². The fourth-order valence-electron chi connectivity index (χ4n) is 1.77. The number of methoxy groups -OCH3 is 1. The van der Waals surface area contributed by atoms with Crippen LogP contribution in [0.15, 0.2) is 36.7 Å². The predicted molar refractivity (Wildman–Crippen MR) is 72.6 cm³/mol. The first-order valence-electron chi connectivity index (χ1n) is 5.83. The number of carbonyl (C=O) groups is 1. The molecule has 0 saturated heterocycles. The van der Waals surface area contributed by atoms with Crippen molar-refractivity contribution in [2.75, 3.05) is 19.1 Å². The van der Waals surface area contributed by atoms with E-state index in [4.69, 9.17) is 0 Å². The lowest BCUT2D eigenvalue weighted by molar-refractivity contribution is 0.0593. The molecule has 19 heavy (non-hydrogen) atoms. The minimum Gasteiger partial charge on any atom is -0.464 e. The Morgan fingerprint density at radius 2 is 1.95 bits per heavy atom. The quantitative estimate of drug-likeness (QED) is 0.790. The van der Waals surface area contributed by atoms with Crippen LogP contribution < -0.4 is 4.90 Å². The molecule has 0 bridgehead atoms. The van der Waals surface area contributed by atoms with Crippen molar-refractivity contribution in [2.24, 2.45) is 0 Å². The molecular weight excluding hydrogens is 242 g/mol. The van der Waals surface area contributed by atoms with Crippen molar-refractivity contribution < 1.29 is 9.53 Å². The fourth-order valence-corrected chi connectivity index (χ4v) is 1.77. The van der Waals surface area contributed by atoms with Gasteiger partial charge < -0.3 is 9.64 Å². The van der Waals surface area contributed by atoms with Gasteiger partial charge in [-0.25, -0.2) is 14.8 Å². The van der Waals surface area contributed by atoms with E-state index in [2.05, 4.69) is 14.7 Å². The van der Waals surface area contributed by atoms with Crippen LogP contribution in [0.4, 0.5) is 11.5 Å². The molecule has 0 aliphatic carbocycles. The third-order valence-electron chi connectivity index (χ3n) is 2.85. The summed E-state index contributed by atoms with van der Waals surface area (Å²) in [5.41, 5.74) is 2.39. The lowest BCUT2D eigenvalue weighted by atomic mass is 10.2. The fraction of sp³-hybridized carbons (Fsp3) is 0.214. The Balaban J connectivity index is 2.28. The lowest BCUT2D eigenvalue weighted by Gasteiger charge is -2.19. The van der Waals surface area contributed by atoms with Crippen LogP contribution in [0, 0.1) is 6.92 Å². The summed E-state index contributed by atoms with van der Waals surface area (Å²) in [6.45, 7) is 2.03. The number of aryl methyl sites for hydroxylation is 1. The number of rotatable bonds is 3. The Hall–Kier alpha value is -2.43. The number of benzene rings is 1. The van der Waals surface area contributed by atoms with Crippen molar-refractivity contribution in [2.45, 2.75) is 6.92 Å². The minimum absolute atomic E-state index is 0.199. The third-order valence-corrected chi connectivity index (χ3v) is 2.85. The molecule has 0 aliphatic heterocycles. The number of para-hydroxylation sites is 1. The number of ether oxygens (including phenoxy) is 1. The summed E-state index contributed by atoms with van der Waals surface area (Å²) in [6, 6.07) is 7.99. The highest BCUT2D eigenvalue weighted by Gasteiger charge is 2.11. The average Bonchev–Trinajstić information content (AvgIpc) is 2.46. The van der Waals surface area contributed by atoms with Gasteiger partial charge in [0.15, 0.2) is 11.5 Å². The van der Waals surface area contributed by atoms with Crippen molar-refractivity contribution in [1.29, 1.82) is 0 Å². The summed E-state index contributed by atoms with van der Waals surface area (Å²) in [7, 11) is 3.22. The second-order valence-electron chi connectivity index (χ2n) is 4.10. The van der Waals surface area contributed by atoms with Gasteiger partial charge in [-0.3, -0.25) is 0 Å². The molecule has 0 aliphatic rings. The Kier molecular flexibility index (Phi) is 3.75.